The van der Waals surface area contributed by atoms with Crippen molar-refractivity contribution in [2.24, 2.45) is 0 Å². The van der Waals surface area contributed by atoms with Crippen molar-refractivity contribution >= 4 is 6.21 Å². The monoisotopic (exact) mass is 108 g/mol. The molecule has 0 fully saturated rings. The van der Waals surface area contributed by atoms with Crippen molar-refractivity contribution in [1.29, 1.82) is 0 Å². The molecule has 0 saturated heterocycles. The molecule has 0 spiro atoms. The third-order valence-electron chi connectivity index (χ3n) is 1.19. The molecular formula is C7H10N+. The normalized spacial score (nSPS) is 22.2. The molecule has 1 rings (SSSR count). The second kappa shape index (κ2) is 1.95. The smallest absolute Gasteiger partial charge is 0.175 e. The van der Waals surface area contributed by atoms with Crippen LogP contribution in [0, 0.1) is 0 Å². The molecule has 42 valence electrons. The highest BCUT2D eigenvalue weighted by Crippen LogP contribution is 1.97. The highest BCUT2D eigenvalue weighted by atomic mass is 14.9. The molecule has 0 aromatic rings. The van der Waals surface area contributed by atoms with Gasteiger partial charge in [-0.15, -0.1) is 0 Å². The zero-order valence-electron chi connectivity index (χ0n) is 5.26. The van der Waals surface area contributed by atoms with E-state index in [1.165, 1.54) is 5.57 Å². The molecule has 0 saturated carbocycles. The Labute approximate surface area is 49.6 Å². The quantitative estimate of drug-likeness (QED) is 0.410. The summed E-state index contributed by atoms with van der Waals surface area (Å²) in [6.07, 6.45) is 8.29. The zero-order chi connectivity index (χ0) is 5.98. The second-order valence-corrected chi connectivity index (χ2v) is 1.90. The van der Waals surface area contributed by atoms with Crippen molar-refractivity contribution in [2.45, 2.75) is 6.92 Å². The van der Waals surface area contributed by atoms with Gasteiger partial charge in [0.1, 0.15) is 7.05 Å². The predicted molar refractivity (Wildman–Crippen MR) is 35.1 cm³/mol. The summed E-state index contributed by atoms with van der Waals surface area (Å²) >= 11 is 0. The minimum Gasteiger partial charge on any atom is -0.207 e. The molecule has 0 aliphatic carbocycles. The van der Waals surface area contributed by atoms with Gasteiger partial charge in [-0.25, -0.2) is 4.58 Å². The van der Waals surface area contributed by atoms with Gasteiger partial charge >= 0.3 is 0 Å². The standard InChI is InChI=1S/C7H10N/c1-3-7-4-5-8(2)6-7/h3-6H,1-2H3/q+1. The van der Waals surface area contributed by atoms with E-state index in [1.807, 2.05) is 24.7 Å². The van der Waals surface area contributed by atoms with Crippen molar-refractivity contribution in [3.8, 4) is 0 Å². The lowest BCUT2D eigenvalue weighted by Gasteiger charge is -1.74. The van der Waals surface area contributed by atoms with Gasteiger partial charge in [-0.3, -0.25) is 0 Å². The van der Waals surface area contributed by atoms with Crippen LogP contribution in [0.25, 0.3) is 0 Å². The predicted octanol–water partition coefficient (Wildman–Crippen LogP) is 1.17. The van der Waals surface area contributed by atoms with Crippen LogP contribution in [0.15, 0.2) is 23.9 Å². The van der Waals surface area contributed by atoms with Crippen LogP contribution < -0.4 is 0 Å². The van der Waals surface area contributed by atoms with Crippen molar-refractivity contribution in [2.75, 3.05) is 7.05 Å². The van der Waals surface area contributed by atoms with Gasteiger partial charge in [0.15, 0.2) is 12.4 Å². The number of hydrogen-bond donors (Lipinski definition) is 0. The summed E-state index contributed by atoms with van der Waals surface area (Å²) in [6, 6.07) is 0. The van der Waals surface area contributed by atoms with Gasteiger partial charge in [-0.2, -0.15) is 0 Å². The molecule has 1 heterocycles. The minimum atomic E-state index is 1.28. The van der Waals surface area contributed by atoms with E-state index in [4.69, 9.17) is 0 Å². The van der Waals surface area contributed by atoms with Crippen LogP contribution in [-0.4, -0.2) is 17.8 Å². The maximum atomic E-state index is 2.08. The average molecular weight is 108 g/mol. The molecule has 0 unspecified atom stereocenters. The first kappa shape index (κ1) is 5.29. The average Bonchev–Trinajstić information content (AvgIpc) is 2.14. The lowest BCUT2D eigenvalue weighted by molar-refractivity contribution is -0.413. The Hall–Kier alpha value is -0.850. The molecule has 0 atom stereocenters. The van der Waals surface area contributed by atoms with E-state index < -0.39 is 0 Å². The lowest BCUT2D eigenvalue weighted by atomic mass is 10.3. The van der Waals surface area contributed by atoms with Gasteiger partial charge in [-0.1, -0.05) is 6.08 Å². The SMILES string of the molecule is CC=C1C=C[N+](C)=C1. The van der Waals surface area contributed by atoms with E-state index in [0.29, 0.717) is 0 Å². The number of nitrogens with zero attached hydrogens (tertiary/aromatic N) is 1. The Morgan fingerprint density at radius 2 is 2.38 bits per heavy atom. The van der Waals surface area contributed by atoms with E-state index in [2.05, 4.69) is 18.4 Å². The maximum absolute atomic E-state index is 2.08. The molecular weight excluding hydrogens is 98.1 g/mol. The van der Waals surface area contributed by atoms with Crippen LogP contribution in [0.4, 0.5) is 0 Å². The molecule has 1 aliphatic heterocycles. The maximum Gasteiger partial charge on any atom is 0.175 e. The molecule has 0 N–H and O–H groups in total. The fourth-order valence-electron chi connectivity index (χ4n) is 0.696. The van der Waals surface area contributed by atoms with Crippen molar-refractivity contribution in [1.82, 2.24) is 0 Å². The fourth-order valence-corrected chi connectivity index (χ4v) is 0.696. The van der Waals surface area contributed by atoms with Gasteiger partial charge < -0.3 is 0 Å². The third-order valence-corrected chi connectivity index (χ3v) is 1.19. The van der Waals surface area contributed by atoms with E-state index in [0.717, 1.165) is 0 Å². The third kappa shape index (κ3) is 0.861. The fraction of sp³-hybridized carbons (Fsp3) is 0.286. The Morgan fingerprint density at radius 3 is 2.62 bits per heavy atom. The molecule has 0 amide bonds. The first-order chi connectivity index (χ1) is 3.83. The van der Waals surface area contributed by atoms with Crippen LogP contribution in [0.5, 0.6) is 0 Å². The van der Waals surface area contributed by atoms with Crippen LogP contribution in [0.3, 0.4) is 0 Å². The summed E-state index contributed by atoms with van der Waals surface area (Å²) in [4.78, 5) is 0. The van der Waals surface area contributed by atoms with Crippen LogP contribution in [0.1, 0.15) is 6.92 Å². The highest BCUT2D eigenvalue weighted by Gasteiger charge is 2.00. The summed E-state index contributed by atoms with van der Waals surface area (Å²) < 4.78 is 2.04. The van der Waals surface area contributed by atoms with Crippen LogP contribution in [-0.2, 0) is 0 Å². The molecule has 0 aromatic carbocycles. The highest BCUT2D eigenvalue weighted by molar-refractivity contribution is 5.80. The summed E-state index contributed by atoms with van der Waals surface area (Å²) in [5.74, 6) is 0. The van der Waals surface area contributed by atoms with Gasteiger partial charge in [0.05, 0.1) is 0 Å². The van der Waals surface area contributed by atoms with Gasteiger partial charge in [-0.05, 0) is 6.92 Å². The Balaban J connectivity index is 2.84. The van der Waals surface area contributed by atoms with E-state index >= 15 is 0 Å². The first-order valence-corrected chi connectivity index (χ1v) is 2.74. The lowest BCUT2D eigenvalue weighted by Crippen LogP contribution is -1.90. The van der Waals surface area contributed by atoms with Gasteiger partial charge in [0.25, 0.3) is 0 Å². The van der Waals surface area contributed by atoms with Crippen LogP contribution >= 0.6 is 0 Å². The molecule has 0 bridgehead atoms. The zero-order valence-corrected chi connectivity index (χ0v) is 5.26. The van der Waals surface area contributed by atoms with Crippen molar-refractivity contribution in [3.63, 3.8) is 0 Å². The summed E-state index contributed by atoms with van der Waals surface area (Å²) in [5, 5.41) is 0. The van der Waals surface area contributed by atoms with Gasteiger partial charge in [0.2, 0.25) is 0 Å². The topological polar surface area (TPSA) is 3.01 Å². The van der Waals surface area contributed by atoms with Gasteiger partial charge in [0, 0.05) is 11.6 Å². The Morgan fingerprint density at radius 1 is 1.62 bits per heavy atom. The minimum absolute atomic E-state index is 1.28. The Bertz CT molecular complexity index is 173. The number of allylic oxidation sites excluding steroid dienone is 3. The summed E-state index contributed by atoms with van der Waals surface area (Å²) in [5.41, 5.74) is 1.28. The first-order valence-electron chi connectivity index (χ1n) is 2.74. The van der Waals surface area contributed by atoms with E-state index in [1.54, 1.807) is 0 Å². The number of rotatable bonds is 0. The second-order valence-electron chi connectivity index (χ2n) is 1.90. The molecule has 0 radical (unpaired) electrons. The number of hydrogen-bond acceptors (Lipinski definition) is 0. The van der Waals surface area contributed by atoms with E-state index in [-0.39, 0.29) is 0 Å². The van der Waals surface area contributed by atoms with E-state index in [9.17, 15) is 0 Å². The molecule has 1 aliphatic rings. The molecule has 1 nitrogen and oxygen atoms in total. The molecule has 1 heteroatoms. The summed E-state index contributed by atoms with van der Waals surface area (Å²) in [7, 11) is 2.02. The van der Waals surface area contributed by atoms with Crippen molar-refractivity contribution in [3.05, 3.63) is 23.9 Å². The largest absolute Gasteiger partial charge is 0.207 e. The summed E-state index contributed by atoms with van der Waals surface area (Å²) in [6.45, 7) is 2.04. The molecule has 8 heavy (non-hydrogen) atoms. The van der Waals surface area contributed by atoms with Crippen LogP contribution in [0.2, 0.25) is 0 Å². The Kier molecular flexibility index (Phi) is 1.29. The van der Waals surface area contributed by atoms with Crippen molar-refractivity contribution < 1.29 is 4.58 Å². The molecule has 0 aromatic heterocycles.